The molecule has 1 aromatic heterocycles. The van der Waals surface area contributed by atoms with Crippen LogP contribution in [0.4, 0.5) is 5.69 Å². The maximum Gasteiger partial charge on any atom is 0.359 e. The summed E-state index contributed by atoms with van der Waals surface area (Å²) in [4.78, 5) is 48.8. The van der Waals surface area contributed by atoms with Gasteiger partial charge in [-0.25, -0.2) is 14.3 Å². The minimum atomic E-state index is -0.818. The number of amides is 1. The molecule has 0 bridgehead atoms. The second kappa shape index (κ2) is 9.21. The maximum absolute atomic E-state index is 12.6. The van der Waals surface area contributed by atoms with Gasteiger partial charge in [-0.2, -0.15) is 5.10 Å². The number of hydrogen-bond acceptors (Lipinski definition) is 7. The summed E-state index contributed by atoms with van der Waals surface area (Å²) in [5, 5.41) is 7.41. The number of carbonyl (C=O) groups excluding carboxylic acids is 3. The van der Waals surface area contributed by atoms with E-state index < -0.39 is 24.5 Å². The Kier molecular flexibility index (Phi) is 6.44. The third-order valence-electron chi connectivity index (χ3n) is 4.44. The smallest absolute Gasteiger partial charge is 0.359 e. The molecule has 0 spiro atoms. The molecule has 0 fully saturated rings. The highest BCUT2D eigenvalue weighted by molar-refractivity contribution is 6.03. The van der Waals surface area contributed by atoms with Crippen molar-refractivity contribution in [2.75, 3.05) is 19.0 Å². The Labute approximate surface area is 177 Å². The van der Waals surface area contributed by atoms with E-state index in [2.05, 4.69) is 15.2 Å². The molecule has 9 nitrogen and oxygen atoms in total. The first kappa shape index (κ1) is 21.7. The summed E-state index contributed by atoms with van der Waals surface area (Å²) in [5.74, 6) is -1.88. The molecule has 0 aliphatic rings. The van der Waals surface area contributed by atoms with Crippen LogP contribution >= 0.6 is 0 Å². The zero-order chi connectivity index (χ0) is 22.5. The minimum absolute atomic E-state index is 0.0425. The molecule has 2 aromatic carbocycles. The monoisotopic (exact) mass is 423 g/mol. The van der Waals surface area contributed by atoms with E-state index >= 15 is 0 Å². The largest absolute Gasteiger partial charge is 0.465 e. The molecule has 0 atom stereocenters. The Morgan fingerprint density at radius 2 is 1.65 bits per heavy atom. The lowest BCUT2D eigenvalue weighted by Gasteiger charge is -2.13. The van der Waals surface area contributed by atoms with Crippen LogP contribution in [0.2, 0.25) is 0 Å². The van der Waals surface area contributed by atoms with Gasteiger partial charge < -0.3 is 14.8 Å². The van der Waals surface area contributed by atoms with Crippen LogP contribution in [0.15, 0.2) is 53.3 Å². The van der Waals surface area contributed by atoms with Gasteiger partial charge in [0.1, 0.15) is 0 Å². The molecule has 31 heavy (non-hydrogen) atoms. The van der Waals surface area contributed by atoms with Crippen LogP contribution in [0.1, 0.15) is 40.7 Å². The van der Waals surface area contributed by atoms with Gasteiger partial charge in [0.05, 0.1) is 24.1 Å². The van der Waals surface area contributed by atoms with Crippen molar-refractivity contribution in [1.82, 2.24) is 9.78 Å². The Hall–Kier alpha value is -4.01. The molecule has 3 aromatic rings. The molecular formula is C22H21N3O6. The SMILES string of the molecule is COC(=O)c1ccc(NC(=O)COC(=O)c2nn(C(C)C)c(=O)c3ccccc23)cc1. The minimum Gasteiger partial charge on any atom is -0.465 e. The van der Waals surface area contributed by atoms with E-state index in [1.165, 1.54) is 36.1 Å². The van der Waals surface area contributed by atoms with Crippen LogP contribution in [0, 0.1) is 0 Å². The summed E-state index contributed by atoms with van der Waals surface area (Å²) >= 11 is 0. The molecule has 1 N–H and O–H groups in total. The molecule has 3 rings (SSSR count). The first-order valence-electron chi connectivity index (χ1n) is 9.48. The van der Waals surface area contributed by atoms with E-state index in [-0.39, 0.29) is 17.3 Å². The maximum atomic E-state index is 12.6. The highest BCUT2D eigenvalue weighted by Gasteiger charge is 2.20. The highest BCUT2D eigenvalue weighted by atomic mass is 16.5. The molecule has 9 heteroatoms. The average molecular weight is 423 g/mol. The standard InChI is InChI=1S/C22H21N3O6/c1-13(2)25-20(27)17-7-5-4-6-16(17)19(24-25)22(29)31-12-18(26)23-15-10-8-14(9-11-15)21(28)30-3/h4-11,13H,12H2,1-3H3,(H,23,26). The van der Waals surface area contributed by atoms with Crippen molar-refractivity contribution < 1.29 is 23.9 Å². The van der Waals surface area contributed by atoms with Crippen LogP contribution in [-0.4, -0.2) is 41.3 Å². The number of benzene rings is 2. The van der Waals surface area contributed by atoms with Gasteiger partial charge in [0.15, 0.2) is 12.3 Å². The Bertz CT molecular complexity index is 1200. The number of nitrogens with zero attached hydrogens (tertiary/aromatic N) is 2. The normalized spacial score (nSPS) is 10.7. The third-order valence-corrected chi connectivity index (χ3v) is 4.44. The molecule has 1 amide bonds. The number of anilines is 1. The molecule has 1 heterocycles. The van der Waals surface area contributed by atoms with Gasteiger partial charge >= 0.3 is 11.9 Å². The fourth-order valence-electron chi connectivity index (χ4n) is 2.91. The van der Waals surface area contributed by atoms with E-state index in [4.69, 9.17) is 4.74 Å². The number of nitrogens with one attached hydrogen (secondary N) is 1. The van der Waals surface area contributed by atoms with Gasteiger partial charge in [-0.15, -0.1) is 0 Å². The molecule has 0 unspecified atom stereocenters. The van der Waals surface area contributed by atoms with E-state index in [9.17, 15) is 19.2 Å². The molecule has 0 aliphatic heterocycles. The summed E-state index contributed by atoms with van der Waals surface area (Å²) < 4.78 is 10.9. The average Bonchev–Trinajstić information content (AvgIpc) is 2.77. The quantitative estimate of drug-likeness (QED) is 0.606. The van der Waals surface area contributed by atoms with Crippen molar-refractivity contribution in [3.05, 3.63) is 70.1 Å². The van der Waals surface area contributed by atoms with Crippen molar-refractivity contribution in [3.8, 4) is 0 Å². The summed E-state index contributed by atoms with van der Waals surface area (Å²) in [6, 6.07) is 12.4. The van der Waals surface area contributed by atoms with E-state index in [0.717, 1.165) is 0 Å². The first-order valence-corrected chi connectivity index (χ1v) is 9.48. The van der Waals surface area contributed by atoms with E-state index in [1.54, 1.807) is 38.1 Å². The van der Waals surface area contributed by atoms with Gasteiger partial charge in [-0.05, 0) is 44.2 Å². The number of ether oxygens (including phenoxy) is 2. The van der Waals surface area contributed by atoms with Gasteiger partial charge in [-0.1, -0.05) is 18.2 Å². The number of esters is 2. The second-order valence-corrected chi connectivity index (χ2v) is 6.93. The number of rotatable bonds is 6. The van der Waals surface area contributed by atoms with Gasteiger partial charge in [0.2, 0.25) is 0 Å². The van der Waals surface area contributed by atoms with Crippen LogP contribution in [-0.2, 0) is 14.3 Å². The number of carbonyl (C=O) groups is 3. The number of hydrogen-bond donors (Lipinski definition) is 1. The molecule has 0 saturated heterocycles. The van der Waals surface area contributed by atoms with Crippen molar-refractivity contribution in [2.45, 2.75) is 19.9 Å². The fourth-order valence-corrected chi connectivity index (χ4v) is 2.91. The predicted molar refractivity (Wildman–Crippen MR) is 113 cm³/mol. The van der Waals surface area contributed by atoms with Crippen molar-refractivity contribution >= 4 is 34.3 Å². The highest BCUT2D eigenvalue weighted by Crippen LogP contribution is 2.16. The lowest BCUT2D eigenvalue weighted by Crippen LogP contribution is -2.28. The van der Waals surface area contributed by atoms with Crippen molar-refractivity contribution in [3.63, 3.8) is 0 Å². The lowest BCUT2D eigenvalue weighted by atomic mass is 10.1. The Balaban J connectivity index is 1.73. The lowest BCUT2D eigenvalue weighted by molar-refractivity contribution is -0.119. The molecule has 0 radical (unpaired) electrons. The molecule has 0 aliphatic carbocycles. The first-order chi connectivity index (χ1) is 14.8. The van der Waals surface area contributed by atoms with E-state index in [1.807, 2.05) is 0 Å². The van der Waals surface area contributed by atoms with Crippen LogP contribution in [0.3, 0.4) is 0 Å². The van der Waals surface area contributed by atoms with E-state index in [0.29, 0.717) is 22.0 Å². The second-order valence-electron chi connectivity index (χ2n) is 6.93. The Morgan fingerprint density at radius 3 is 2.26 bits per heavy atom. The topological polar surface area (TPSA) is 117 Å². The van der Waals surface area contributed by atoms with Gasteiger partial charge in [0.25, 0.3) is 11.5 Å². The number of aromatic nitrogens is 2. The predicted octanol–water partition coefficient (Wildman–Crippen LogP) is 2.56. The summed E-state index contributed by atoms with van der Waals surface area (Å²) in [6.45, 7) is 3.00. The van der Waals surface area contributed by atoms with Crippen molar-refractivity contribution in [1.29, 1.82) is 0 Å². The number of fused-ring (bicyclic) bond motifs is 1. The molecule has 0 saturated carbocycles. The van der Waals surface area contributed by atoms with Crippen molar-refractivity contribution in [2.24, 2.45) is 0 Å². The third kappa shape index (κ3) is 4.77. The summed E-state index contributed by atoms with van der Waals surface area (Å²) in [6.07, 6.45) is 0. The molecule has 160 valence electrons. The Morgan fingerprint density at radius 1 is 1.00 bits per heavy atom. The van der Waals surface area contributed by atoms with Crippen LogP contribution in [0.5, 0.6) is 0 Å². The van der Waals surface area contributed by atoms with Gasteiger partial charge in [0, 0.05) is 11.1 Å². The molecular weight excluding hydrogens is 402 g/mol. The summed E-state index contributed by atoms with van der Waals surface area (Å²) in [7, 11) is 1.28. The zero-order valence-corrected chi connectivity index (χ0v) is 17.2. The zero-order valence-electron chi connectivity index (χ0n) is 17.2. The fraction of sp³-hybridized carbons (Fsp3) is 0.227. The van der Waals surface area contributed by atoms with Crippen LogP contribution in [0.25, 0.3) is 10.8 Å². The summed E-state index contributed by atoms with van der Waals surface area (Å²) in [5.41, 5.74) is 0.408. The number of methoxy groups -OCH3 is 1. The van der Waals surface area contributed by atoms with Crippen LogP contribution < -0.4 is 10.9 Å². The van der Waals surface area contributed by atoms with Gasteiger partial charge in [-0.3, -0.25) is 9.59 Å².